The predicted octanol–water partition coefficient (Wildman–Crippen LogP) is 3.43. The average Bonchev–Trinajstić information content (AvgIpc) is 2.90. The molecule has 0 spiro atoms. The number of carbonyl (C=O) groups excluding carboxylic acids is 1. The maximum absolute atomic E-state index is 13.1. The Morgan fingerprint density at radius 2 is 2.07 bits per heavy atom. The minimum absolute atomic E-state index is 0.0282. The zero-order valence-electron chi connectivity index (χ0n) is 15.8. The fraction of sp³-hybridized carbons (Fsp3) is 0.368. The van der Waals surface area contributed by atoms with E-state index in [4.69, 9.17) is 12.2 Å². The molecule has 2 aromatic rings. The van der Waals surface area contributed by atoms with Crippen LogP contribution in [0.15, 0.2) is 28.0 Å². The van der Waals surface area contributed by atoms with E-state index in [2.05, 4.69) is 10.3 Å². The molecule has 1 amide bonds. The molecular weight excluding hydrogens is 380 g/mol. The van der Waals surface area contributed by atoms with Crippen molar-refractivity contribution in [2.24, 2.45) is 0 Å². The summed E-state index contributed by atoms with van der Waals surface area (Å²) in [6, 6.07) is 3.70. The van der Waals surface area contributed by atoms with Crippen LogP contribution < -0.4 is 10.9 Å². The van der Waals surface area contributed by atoms with Gasteiger partial charge >= 0.3 is 0 Å². The number of amides is 1. The molecule has 1 saturated heterocycles. The Morgan fingerprint density at radius 3 is 2.70 bits per heavy atom. The van der Waals surface area contributed by atoms with Crippen LogP contribution in [-0.4, -0.2) is 37.1 Å². The molecule has 2 aromatic heterocycles. The molecule has 142 valence electrons. The van der Waals surface area contributed by atoms with Crippen LogP contribution in [0, 0.1) is 6.92 Å². The Bertz CT molecular complexity index is 1010. The lowest BCUT2D eigenvalue weighted by Crippen LogP contribution is -2.34. The first-order valence-electron chi connectivity index (χ1n) is 8.87. The maximum Gasteiger partial charge on any atom is 0.267 e. The van der Waals surface area contributed by atoms with Crippen molar-refractivity contribution in [1.82, 2.24) is 14.3 Å². The van der Waals surface area contributed by atoms with Crippen LogP contribution >= 0.6 is 24.0 Å². The van der Waals surface area contributed by atoms with E-state index >= 15 is 0 Å². The normalized spacial score (nSPS) is 16.2. The van der Waals surface area contributed by atoms with Crippen LogP contribution in [0.1, 0.15) is 38.3 Å². The van der Waals surface area contributed by atoms with Gasteiger partial charge in [-0.2, -0.15) is 0 Å². The van der Waals surface area contributed by atoms with Gasteiger partial charge in [0, 0.05) is 18.8 Å². The highest BCUT2D eigenvalue weighted by atomic mass is 32.2. The average molecular weight is 403 g/mol. The summed E-state index contributed by atoms with van der Waals surface area (Å²) < 4.78 is 2.02. The number of pyridine rings is 1. The number of hydrogen-bond acceptors (Lipinski definition) is 6. The number of nitrogens with zero attached hydrogens (tertiary/aromatic N) is 3. The van der Waals surface area contributed by atoms with Crippen molar-refractivity contribution in [3.8, 4) is 0 Å². The first kappa shape index (κ1) is 19.6. The van der Waals surface area contributed by atoms with Crippen molar-refractivity contribution in [2.75, 3.05) is 11.9 Å². The summed E-state index contributed by atoms with van der Waals surface area (Å²) >= 11 is 6.55. The molecule has 0 aliphatic carbocycles. The third-order valence-corrected chi connectivity index (χ3v) is 5.49. The van der Waals surface area contributed by atoms with E-state index in [0.717, 1.165) is 12.0 Å². The first-order chi connectivity index (χ1) is 12.8. The third-order valence-electron chi connectivity index (χ3n) is 4.16. The van der Waals surface area contributed by atoms with E-state index in [1.54, 1.807) is 17.2 Å². The van der Waals surface area contributed by atoms with Gasteiger partial charge in [-0.3, -0.25) is 18.9 Å². The molecule has 27 heavy (non-hydrogen) atoms. The Kier molecular flexibility index (Phi) is 5.67. The van der Waals surface area contributed by atoms with E-state index < -0.39 is 0 Å². The van der Waals surface area contributed by atoms with Gasteiger partial charge in [-0.15, -0.1) is 0 Å². The van der Waals surface area contributed by atoms with Gasteiger partial charge in [-0.1, -0.05) is 37.0 Å². The minimum atomic E-state index is -0.211. The van der Waals surface area contributed by atoms with E-state index in [0.29, 0.717) is 32.8 Å². The fourth-order valence-electron chi connectivity index (χ4n) is 2.82. The van der Waals surface area contributed by atoms with E-state index in [9.17, 15) is 9.59 Å². The molecule has 0 unspecified atom stereocenters. The van der Waals surface area contributed by atoms with Crippen LogP contribution in [0.4, 0.5) is 5.82 Å². The second-order valence-electron chi connectivity index (χ2n) is 6.69. The highest BCUT2D eigenvalue weighted by Gasteiger charge is 2.34. The first-order valence-corrected chi connectivity index (χ1v) is 10.1. The molecule has 1 N–H and O–H groups in total. The summed E-state index contributed by atoms with van der Waals surface area (Å²) in [5, 5.41) is 3.21. The molecule has 8 heteroatoms. The van der Waals surface area contributed by atoms with Gasteiger partial charge < -0.3 is 5.32 Å². The smallest absolute Gasteiger partial charge is 0.267 e. The van der Waals surface area contributed by atoms with Gasteiger partial charge in [-0.25, -0.2) is 4.98 Å². The van der Waals surface area contributed by atoms with Crippen LogP contribution in [0.5, 0.6) is 0 Å². The molecular formula is C19H22N4O2S2. The van der Waals surface area contributed by atoms with Crippen LogP contribution in [-0.2, 0) is 4.79 Å². The van der Waals surface area contributed by atoms with Gasteiger partial charge in [-0.05, 0) is 44.9 Å². The molecule has 1 aliphatic heterocycles. The van der Waals surface area contributed by atoms with Crippen LogP contribution in [0.2, 0.25) is 0 Å². The summed E-state index contributed by atoms with van der Waals surface area (Å²) in [4.78, 5) is 32.5. The number of rotatable bonds is 5. The van der Waals surface area contributed by atoms with E-state index in [1.165, 1.54) is 16.2 Å². The zero-order chi connectivity index (χ0) is 19.7. The number of nitrogens with one attached hydrogen (secondary N) is 1. The molecule has 1 fully saturated rings. The summed E-state index contributed by atoms with van der Waals surface area (Å²) in [5.41, 5.74) is 1.68. The van der Waals surface area contributed by atoms with E-state index in [-0.39, 0.29) is 17.5 Å². The van der Waals surface area contributed by atoms with Crippen molar-refractivity contribution in [3.05, 3.63) is 44.7 Å². The second-order valence-corrected chi connectivity index (χ2v) is 8.36. The van der Waals surface area contributed by atoms with Crippen LogP contribution in [0.25, 0.3) is 11.7 Å². The summed E-state index contributed by atoms with van der Waals surface area (Å²) in [6.07, 6.45) is 4.26. The van der Waals surface area contributed by atoms with Crippen LogP contribution in [0.3, 0.4) is 0 Å². The SMILES string of the molecule is CCCNc1nc2ccc(C)cn2c(=O)c1/C=C1/SC(=S)N(C(C)C)C1=O. The highest BCUT2D eigenvalue weighted by Crippen LogP contribution is 2.34. The molecule has 0 atom stereocenters. The van der Waals surface area contributed by atoms with Crippen molar-refractivity contribution in [2.45, 2.75) is 40.2 Å². The number of fused-ring (bicyclic) bond motifs is 1. The number of carbonyl (C=O) groups is 1. The standard InChI is InChI=1S/C19H22N4O2S2/c1-5-8-20-16-13(9-14-18(25)23(11(2)3)19(26)27-14)17(24)22-10-12(4)6-7-15(22)21-16/h6-7,9-11,20H,5,8H2,1-4H3/b14-9+. The lowest BCUT2D eigenvalue weighted by Gasteiger charge is -2.18. The number of aromatic nitrogens is 2. The summed E-state index contributed by atoms with van der Waals surface area (Å²) in [6.45, 7) is 8.47. The van der Waals surface area contributed by atoms with Crippen molar-refractivity contribution < 1.29 is 4.79 Å². The number of hydrogen-bond donors (Lipinski definition) is 1. The Hall–Kier alpha value is -2.19. The van der Waals surface area contributed by atoms with Crippen molar-refractivity contribution >= 4 is 51.7 Å². The molecule has 3 rings (SSSR count). The molecule has 3 heterocycles. The number of aryl methyl sites for hydroxylation is 1. The zero-order valence-corrected chi connectivity index (χ0v) is 17.4. The summed E-state index contributed by atoms with van der Waals surface area (Å²) in [5.74, 6) is 0.315. The number of anilines is 1. The quantitative estimate of drug-likeness (QED) is 0.610. The van der Waals surface area contributed by atoms with Gasteiger partial charge in [0.2, 0.25) is 0 Å². The number of thioether (sulfide) groups is 1. The largest absolute Gasteiger partial charge is 0.369 e. The molecule has 0 aromatic carbocycles. The summed E-state index contributed by atoms with van der Waals surface area (Å²) in [7, 11) is 0. The van der Waals surface area contributed by atoms with Crippen molar-refractivity contribution in [3.63, 3.8) is 0 Å². The van der Waals surface area contributed by atoms with Crippen molar-refractivity contribution in [1.29, 1.82) is 0 Å². The Morgan fingerprint density at radius 1 is 1.33 bits per heavy atom. The van der Waals surface area contributed by atoms with E-state index in [1.807, 2.05) is 39.8 Å². The molecule has 6 nitrogen and oxygen atoms in total. The Labute approximate surface area is 167 Å². The molecule has 0 bridgehead atoms. The lowest BCUT2D eigenvalue weighted by atomic mass is 10.2. The van der Waals surface area contributed by atoms with Gasteiger partial charge in [0.1, 0.15) is 15.8 Å². The molecule has 0 radical (unpaired) electrons. The topological polar surface area (TPSA) is 66.7 Å². The fourth-order valence-corrected chi connectivity index (χ4v) is 4.33. The molecule has 0 saturated carbocycles. The monoisotopic (exact) mass is 402 g/mol. The molecule has 1 aliphatic rings. The number of thiocarbonyl (C=S) groups is 1. The van der Waals surface area contributed by atoms with Gasteiger partial charge in [0.25, 0.3) is 11.5 Å². The lowest BCUT2D eigenvalue weighted by molar-refractivity contribution is -0.123. The van der Waals surface area contributed by atoms with Gasteiger partial charge in [0.05, 0.1) is 10.5 Å². The van der Waals surface area contributed by atoms with Gasteiger partial charge in [0.15, 0.2) is 0 Å². The minimum Gasteiger partial charge on any atom is -0.369 e. The maximum atomic E-state index is 13.1. The second kappa shape index (κ2) is 7.82. The third kappa shape index (κ3) is 3.77. The highest BCUT2D eigenvalue weighted by molar-refractivity contribution is 8.26. The predicted molar refractivity (Wildman–Crippen MR) is 115 cm³/mol. The Balaban J connectivity index is 2.17.